The van der Waals surface area contributed by atoms with Gasteiger partial charge in [-0.25, -0.2) is 13.1 Å². The maximum absolute atomic E-state index is 12.1. The lowest BCUT2D eigenvalue weighted by Gasteiger charge is -2.28. The Balaban J connectivity index is 2.98. The quantitative estimate of drug-likeness (QED) is 0.780. The number of aromatic amines is 1. The molecule has 5 nitrogen and oxygen atoms in total. The third-order valence-corrected chi connectivity index (χ3v) is 4.82. The van der Waals surface area contributed by atoms with Crippen LogP contribution < -0.4 is 4.72 Å². The third kappa shape index (κ3) is 3.43. The SMILES string of the molecule is CCC(C)(CCCl)NS(=O)(=O)c1cn[nH]c1C. The molecule has 0 saturated heterocycles. The monoisotopic (exact) mass is 279 g/mol. The van der Waals surface area contributed by atoms with E-state index in [0.29, 0.717) is 24.4 Å². The Morgan fingerprint density at radius 2 is 2.24 bits per heavy atom. The first kappa shape index (κ1) is 14.5. The minimum absolute atomic E-state index is 0.187. The van der Waals surface area contributed by atoms with Crippen LogP contribution in [0.5, 0.6) is 0 Å². The molecule has 2 N–H and O–H groups in total. The third-order valence-electron chi connectivity index (χ3n) is 2.88. The van der Waals surface area contributed by atoms with Gasteiger partial charge in [-0.2, -0.15) is 5.10 Å². The van der Waals surface area contributed by atoms with Gasteiger partial charge in [-0.15, -0.1) is 11.6 Å². The molecule has 0 radical (unpaired) electrons. The molecule has 17 heavy (non-hydrogen) atoms. The first-order chi connectivity index (χ1) is 7.84. The highest BCUT2D eigenvalue weighted by molar-refractivity contribution is 7.89. The highest BCUT2D eigenvalue weighted by Crippen LogP contribution is 2.20. The number of sulfonamides is 1. The van der Waals surface area contributed by atoms with Crippen LogP contribution in [0.4, 0.5) is 0 Å². The Hall–Kier alpha value is -0.590. The summed E-state index contributed by atoms with van der Waals surface area (Å²) in [4.78, 5) is 0.187. The number of hydrogen-bond donors (Lipinski definition) is 2. The summed E-state index contributed by atoms with van der Waals surface area (Å²) in [5.41, 5.74) is 0.00595. The summed E-state index contributed by atoms with van der Waals surface area (Å²) in [6.45, 7) is 5.45. The van der Waals surface area contributed by atoms with Crippen LogP contribution in [0.3, 0.4) is 0 Å². The van der Waals surface area contributed by atoms with E-state index in [1.54, 1.807) is 6.92 Å². The average molecular weight is 280 g/mol. The lowest BCUT2D eigenvalue weighted by molar-refractivity contribution is 0.390. The molecule has 1 heterocycles. The van der Waals surface area contributed by atoms with Crippen molar-refractivity contribution in [1.29, 1.82) is 0 Å². The van der Waals surface area contributed by atoms with Gasteiger partial charge >= 0.3 is 0 Å². The van der Waals surface area contributed by atoms with Crippen molar-refractivity contribution in [3.8, 4) is 0 Å². The van der Waals surface area contributed by atoms with Crippen molar-refractivity contribution in [1.82, 2.24) is 14.9 Å². The molecule has 0 aliphatic heterocycles. The van der Waals surface area contributed by atoms with Gasteiger partial charge < -0.3 is 0 Å². The van der Waals surface area contributed by atoms with Gasteiger partial charge in [-0.3, -0.25) is 5.10 Å². The molecular formula is C10H18ClN3O2S. The lowest BCUT2D eigenvalue weighted by atomic mass is 9.97. The number of H-pyrrole nitrogens is 1. The molecule has 1 aromatic heterocycles. The molecule has 1 rings (SSSR count). The second-order valence-electron chi connectivity index (χ2n) is 4.32. The fraction of sp³-hybridized carbons (Fsp3) is 0.700. The number of hydrogen-bond acceptors (Lipinski definition) is 3. The Bertz CT molecular complexity index is 472. The molecule has 0 aromatic carbocycles. The molecule has 0 aliphatic rings. The Kier molecular flexibility index (Phi) is 4.57. The molecular weight excluding hydrogens is 262 g/mol. The van der Waals surface area contributed by atoms with Gasteiger partial charge in [-0.1, -0.05) is 6.92 Å². The number of aryl methyl sites for hydroxylation is 1. The molecule has 1 aromatic rings. The molecule has 0 bridgehead atoms. The van der Waals surface area contributed by atoms with Crippen LogP contribution in [0.1, 0.15) is 32.4 Å². The molecule has 0 saturated carbocycles. The normalized spacial score (nSPS) is 15.8. The van der Waals surface area contributed by atoms with E-state index in [9.17, 15) is 8.42 Å². The minimum atomic E-state index is -3.54. The highest BCUT2D eigenvalue weighted by atomic mass is 35.5. The summed E-state index contributed by atoms with van der Waals surface area (Å²) >= 11 is 5.70. The molecule has 0 aliphatic carbocycles. The summed E-state index contributed by atoms with van der Waals surface area (Å²) in [7, 11) is -3.54. The van der Waals surface area contributed by atoms with Crippen molar-refractivity contribution in [3.05, 3.63) is 11.9 Å². The zero-order valence-electron chi connectivity index (χ0n) is 10.2. The largest absolute Gasteiger partial charge is 0.281 e. The fourth-order valence-corrected chi connectivity index (χ4v) is 3.56. The number of aromatic nitrogens is 2. The highest BCUT2D eigenvalue weighted by Gasteiger charge is 2.30. The molecule has 0 amide bonds. The predicted molar refractivity (Wildman–Crippen MR) is 67.7 cm³/mol. The van der Waals surface area contributed by atoms with Gasteiger partial charge in [0.05, 0.1) is 11.9 Å². The molecule has 1 unspecified atom stereocenters. The number of halogens is 1. The van der Waals surface area contributed by atoms with Crippen LogP contribution in [0.2, 0.25) is 0 Å². The van der Waals surface area contributed by atoms with E-state index < -0.39 is 15.6 Å². The van der Waals surface area contributed by atoms with Gasteiger partial charge in [-0.05, 0) is 26.7 Å². The summed E-state index contributed by atoms with van der Waals surface area (Å²) in [5.74, 6) is 0.414. The van der Waals surface area contributed by atoms with E-state index in [4.69, 9.17) is 11.6 Å². The van der Waals surface area contributed by atoms with E-state index in [1.165, 1.54) is 6.20 Å². The van der Waals surface area contributed by atoms with Crippen molar-refractivity contribution < 1.29 is 8.42 Å². The van der Waals surface area contributed by atoms with Crippen LogP contribution in [-0.4, -0.2) is 30.0 Å². The van der Waals surface area contributed by atoms with Crippen molar-refractivity contribution in [3.63, 3.8) is 0 Å². The van der Waals surface area contributed by atoms with Crippen LogP contribution in [0, 0.1) is 6.92 Å². The maximum atomic E-state index is 12.1. The van der Waals surface area contributed by atoms with Crippen molar-refractivity contribution in [2.75, 3.05) is 5.88 Å². The molecule has 1 atom stereocenters. The zero-order chi connectivity index (χ0) is 13.1. The average Bonchev–Trinajstić information content (AvgIpc) is 2.65. The summed E-state index contributed by atoms with van der Waals surface area (Å²) < 4.78 is 27.0. The van der Waals surface area contributed by atoms with Crippen molar-refractivity contribution in [2.24, 2.45) is 0 Å². The second kappa shape index (κ2) is 5.37. The second-order valence-corrected chi connectivity index (χ2v) is 6.35. The Labute approximate surface area is 107 Å². The maximum Gasteiger partial charge on any atom is 0.244 e. The number of rotatable bonds is 6. The van der Waals surface area contributed by atoms with Crippen LogP contribution in [0.25, 0.3) is 0 Å². The van der Waals surface area contributed by atoms with E-state index >= 15 is 0 Å². The van der Waals surface area contributed by atoms with Gasteiger partial charge in [0.1, 0.15) is 4.90 Å². The number of nitrogens with zero attached hydrogens (tertiary/aromatic N) is 1. The zero-order valence-corrected chi connectivity index (χ0v) is 11.8. The predicted octanol–water partition coefficient (Wildman–Crippen LogP) is 1.79. The van der Waals surface area contributed by atoms with Gasteiger partial charge in [0, 0.05) is 11.4 Å². The van der Waals surface area contributed by atoms with Crippen molar-refractivity contribution >= 4 is 21.6 Å². The standard InChI is InChI=1S/C10H18ClN3O2S/c1-4-10(3,5-6-11)14-17(15,16)9-7-12-13-8(9)2/h7,14H,4-6H2,1-3H3,(H,12,13). The summed E-state index contributed by atoms with van der Waals surface area (Å²) in [5, 5.41) is 6.33. The molecule has 0 spiro atoms. The van der Waals surface area contributed by atoms with Crippen LogP contribution in [0.15, 0.2) is 11.1 Å². The van der Waals surface area contributed by atoms with E-state index in [0.717, 1.165) is 0 Å². The van der Waals surface area contributed by atoms with Crippen molar-refractivity contribution in [2.45, 2.75) is 44.0 Å². The smallest absolute Gasteiger partial charge is 0.244 e. The first-order valence-electron chi connectivity index (χ1n) is 5.44. The molecule has 0 fully saturated rings. The summed E-state index contributed by atoms with van der Waals surface area (Å²) in [6, 6.07) is 0. The van der Waals surface area contributed by atoms with Gasteiger partial charge in [0.15, 0.2) is 0 Å². The Morgan fingerprint density at radius 3 is 2.65 bits per heavy atom. The van der Waals surface area contributed by atoms with Gasteiger partial charge in [0.25, 0.3) is 0 Å². The number of alkyl halides is 1. The fourth-order valence-electron chi connectivity index (χ4n) is 1.50. The van der Waals surface area contributed by atoms with E-state index in [2.05, 4.69) is 14.9 Å². The first-order valence-corrected chi connectivity index (χ1v) is 7.46. The summed E-state index contributed by atoms with van der Waals surface area (Å²) in [6.07, 6.45) is 2.57. The molecule has 98 valence electrons. The topological polar surface area (TPSA) is 74.8 Å². The van der Waals surface area contributed by atoms with E-state index in [-0.39, 0.29) is 4.90 Å². The van der Waals surface area contributed by atoms with Crippen LogP contribution in [-0.2, 0) is 10.0 Å². The Morgan fingerprint density at radius 1 is 1.59 bits per heavy atom. The number of nitrogens with one attached hydrogen (secondary N) is 2. The van der Waals surface area contributed by atoms with E-state index in [1.807, 2.05) is 13.8 Å². The minimum Gasteiger partial charge on any atom is -0.281 e. The van der Waals surface area contributed by atoms with Gasteiger partial charge in [0.2, 0.25) is 10.0 Å². The molecule has 7 heteroatoms. The van der Waals surface area contributed by atoms with Crippen LogP contribution >= 0.6 is 11.6 Å². The lowest BCUT2D eigenvalue weighted by Crippen LogP contribution is -2.45.